The Balaban J connectivity index is 1.16. The molecule has 26 heavy (non-hydrogen) atoms. The van der Waals surface area contributed by atoms with Crippen molar-refractivity contribution in [3.8, 4) is 11.5 Å². The zero-order valence-electron chi connectivity index (χ0n) is 15.1. The second kappa shape index (κ2) is 3.90. The Morgan fingerprint density at radius 1 is 1.12 bits per heavy atom. The summed E-state index contributed by atoms with van der Waals surface area (Å²) >= 11 is 1.81. The van der Waals surface area contributed by atoms with Crippen LogP contribution in [-0.2, 0) is 5.41 Å². The minimum absolute atomic E-state index is 0.177. The van der Waals surface area contributed by atoms with E-state index >= 15 is 0 Å². The van der Waals surface area contributed by atoms with E-state index in [0.29, 0.717) is 11.2 Å². The van der Waals surface area contributed by atoms with Gasteiger partial charge in [-0.3, -0.25) is 4.98 Å². The maximum atomic E-state index is 6.08. The summed E-state index contributed by atoms with van der Waals surface area (Å²) in [6.07, 6.45) is 1.91. The number of aromatic nitrogens is 3. The molecule has 0 atom stereocenters. The zero-order valence-corrected chi connectivity index (χ0v) is 16.0. The van der Waals surface area contributed by atoms with Crippen LogP contribution in [0.5, 0.6) is 0 Å². The van der Waals surface area contributed by atoms with Crippen LogP contribution >= 0.6 is 11.8 Å². The lowest BCUT2D eigenvalue weighted by molar-refractivity contribution is -0.628. The topological polar surface area (TPSA) is 77.8 Å². The average Bonchev–Trinajstić information content (AvgIpc) is 3.10. The number of pyridine rings is 1. The first-order valence-electron chi connectivity index (χ1n) is 9.64. The molecule has 0 saturated heterocycles. The van der Waals surface area contributed by atoms with Crippen molar-refractivity contribution in [3.63, 3.8) is 0 Å². The van der Waals surface area contributed by atoms with Crippen molar-refractivity contribution >= 4 is 11.8 Å². The molecule has 0 bridgehead atoms. The van der Waals surface area contributed by atoms with Crippen LogP contribution in [0.1, 0.15) is 26.7 Å². The Hall–Kier alpha value is -1.40. The highest BCUT2D eigenvalue weighted by Crippen LogP contribution is 3.09. The molecule has 0 aliphatic heterocycles. The molecule has 2 heterocycles. The first-order valence-corrected chi connectivity index (χ1v) is 10.5. The lowest BCUT2D eigenvalue weighted by atomic mass is 8.92. The van der Waals surface area contributed by atoms with Gasteiger partial charge in [-0.25, -0.2) is 0 Å². The third-order valence-electron chi connectivity index (χ3n) is 8.38. The minimum Gasteiger partial charge on any atom is -0.338 e. The quantitative estimate of drug-likeness (QED) is 0.838. The number of rotatable bonds is 4. The van der Waals surface area contributed by atoms with Gasteiger partial charge in [-0.15, -0.1) is 11.8 Å². The molecule has 6 saturated carbocycles. The van der Waals surface area contributed by atoms with Gasteiger partial charge in [0.2, 0.25) is 11.7 Å². The second-order valence-electron chi connectivity index (χ2n) is 9.92. The van der Waals surface area contributed by atoms with Gasteiger partial charge in [0, 0.05) is 15.8 Å². The number of nitrogens with zero attached hydrogens (tertiary/aromatic N) is 3. The van der Waals surface area contributed by atoms with E-state index in [9.17, 15) is 0 Å². The van der Waals surface area contributed by atoms with E-state index in [0.717, 1.165) is 53.6 Å². The molecule has 0 spiro atoms. The van der Waals surface area contributed by atoms with Crippen molar-refractivity contribution in [1.29, 1.82) is 0 Å². The lowest BCUT2D eigenvalue weighted by Crippen LogP contribution is -3.12. The van der Waals surface area contributed by atoms with Crippen LogP contribution in [0.4, 0.5) is 0 Å². The molecule has 6 aliphatic rings. The molecule has 2 N–H and O–H groups in total. The molecule has 2 aromatic heterocycles. The van der Waals surface area contributed by atoms with E-state index in [1.807, 2.05) is 24.0 Å². The number of thioether (sulfide) groups is 1. The molecule has 8 rings (SSSR count). The van der Waals surface area contributed by atoms with Crippen molar-refractivity contribution in [2.45, 2.75) is 35.8 Å². The Morgan fingerprint density at radius 2 is 1.81 bits per heavy atom. The van der Waals surface area contributed by atoms with Gasteiger partial charge in [-0.2, -0.15) is 4.98 Å². The first kappa shape index (κ1) is 14.6. The van der Waals surface area contributed by atoms with E-state index in [2.05, 4.69) is 37.0 Å². The molecule has 6 aliphatic carbocycles. The van der Waals surface area contributed by atoms with Crippen molar-refractivity contribution in [1.82, 2.24) is 15.1 Å². The predicted molar refractivity (Wildman–Crippen MR) is 97.2 cm³/mol. The maximum Gasteiger partial charge on any atom is 0.234 e. The fourth-order valence-electron chi connectivity index (χ4n) is 8.02. The summed E-state index contributed by atoms with van der Waals surface area (Å²) < 4.78 is 5.95. The number of nitrogens with two attached hydrogens (primary N) is 1. The molecule has 0 radical (unpaired) electrons. The minimum atomic E-state index is 0.177. The van der Waals surface area contributed by atoms with Gasteiger partial charge in [0.1, 0.15) is 5.69 Å². The van der Waals surface area contributed by atoms with Crippen LogP contribution in [-0.4, -0.2) is 26.4 Å². The highest BCUT2D eigenvalue weighted by Gasteiger charge is 3.10. The predicted octanol–water partition coefficient (Wildman–Crippen LogP) is 2.97. The van der Waals surface area contributed by atoms with Gasteiger partial charge < -0.3 is 10.3 Å². The summed E-state index contributed by atoms with van der Waals surface area (Å²) in [7, 11) is 0. The van der Waals surface area contributed by atoms with Crippen LogP contribution in [0.3, 0.4) is 0 Å². The lowest BCUT2D eigenvalue weighted by Gasteiger charge is -3.10. The van der Waals surface area contributed by atoms with E-state index in [1.54, 1.807) is 0 Å². The number of hydrogen-bond acceptors (Lipinski definition) is 6. The molecule has 2 aromatic rings. The van der Waals surface area contributed by atoms with Crippen LogP contribution in [0, 0.1) is 40.9 Å². The third-order valence-corrected chi connectivity index (χ3v) is 9.47. The molecular formula is C20H22N4OS. The van der Waals surface area contributed by atoms with Gasteiger partial charge in [-0.05, 0) is 59.6 Å². The maximum absolute atomic E-state index is 6.08. The smallest absolute Gasteiger partial charge is 0.234 e. The van der Waals surface area contributed by atoms with Crippen LogP contribution < -0.4 is 5.73 Å². The molecule has 6 fully saturated rings. The highest BCUT2D eigenvalue weighted by molar-refractivity contribution is 8.00. The van der Waals surface area contributed by atoms with Gasteiger partial charge in [0.25, 0.3) is 0 Å². The van der Waals surface area contributed by atoms with Crippen molar-refractivity contribution in [3.05, 3.63) is 24.2 Å². The zero-order chi connectivity index (χ0) is 17.6. The van der Waals surface area contributed by atoms with Crippen LogP contribution in [0.15, 0.2) is 27.7 Å². The van der Waals surface area contributed by atoms with E-state index in [-0.39, 0.29) is 10.2 Å². The monoisotopic (exact) mass is 366 g/mol. The molecule has 5 nitrogen and oxygen atoms in total. The summed E-state index contributed by atoms with van der Waals surface area (Å²) in [5.74, 6) is 6.50. The Bertz CT molecular complexity index is 905. The summed E-state index contributed by atoms with van der Waals surface area (Å²) in [5.41, 5.74) is 7.66. The van der Waals surface area contributed by atoms with Crippen molar-refractivity contribution in [2.24, 2.45) is 46.7 Å². The van der Waals surface area contributed by atoms with Crippen LogP contribution in [0.2, 0.25) is 0 Å². The summed E-state index contributed by atoms with van der Waals surface area (Å²) in [6, 6.07) is 4.11. The van der Waals surface area contributed by atoms with E-state index < -0.39 is 0 Å². The molecule has 134 valence electrons. The largest absolute Gasteiger partial charge is 0.338 e. The summed E-state index contributed by atoms with van der Waals surface area (Å²) in [4.78, 5) is 10.5. The fourth-order valence-corrected chi connectivity index (χ4v) is 8.97. The average molecular weight is 366 g/mol. The molecule has 0 aromatic carbocycles. The first-order chi connectivity index (χ1) is 12.4. The Kier molecular flexibility index (Phi) is 2.19. The Morgan fingerprint density at radius 3 is 2.35 bits per heavy atom. The molecule has 0 unspecified atom stereocenters. The molecule has 6 heteroatoms. The van der Waals surface area contributed by atoms with Crippen molar-refractivity contribution in [2.75, 3.05) is 6.54 Å². The van der Waals surface area contributed by atoms with Gasteiger partial charge >= 0.3 is 0 Å². The normalized spacial score (nSPS) is 47.8. The third kappa shape index (κ3) is 1.15. The van der Waals surface area contributed by atoms with Crippen LogP contribution in [0.25, 0.3) is 11.5 Å². The van der Waals surface area contributed by atoms with Gasteiger partial charge in [0.15, 0.2) is 0 Å². The number of hydrogen-bond donors (Lipinski definition) is 1. The van der Waals surface area contributed by atoms with E-state index in [1.165, 1.54) is 4.90 Å². The molecular weight excluding hydrogens is 344 g/mol. The highest BCUT2D eigenvalue weighted by atomic mass is 32.2. The fraction of sp³-hybridized carbons (Fsp3) is 0.650. The van der Waals surface area contributed by atoms with Gasteiger partial charge in [0.05, 0.1) is 5.41 Å². The van der Waals surface area contributed by atoms with Crippen molar-refractivity contribution < 1.29 is 4.52 Å². The second-order valence-corrected chi connectivity index (χ2v) is 11.8. The van der Waals surface area contributed by atoms with Gasteiger partial charge in [-0.1, -0.05) is 25.9 Å². The van der Waals surface area contributed by atoms with E-state index in [4.69, 9.17) is 15.2 Å². The summed E-state index contributed by atoms with van der Waals surface area (Å²) in [6.45, 7) is 7.51. The SMILES string of the molecule is CC(C)(C)Sc1ccc(-c2noc(C34C5C6C3C3C4C5C63CN)n2)nc1. The Labute approximate surface area is 156 Å². The summed E-state index contributed by atoms with van der Waals surface area (Å²) in [5, 5.41) is 4.27. The standard InChI is InChI=1S/C20H22N4OS/c1-18(2,3)26-8-4-5-9(22-6-8)16-23-17(25-24-16)20-13-10-14(20)12-15(20)11(13)19(10,12)7-21/h4-6,10-15H,7,21H2,1-3H3. The molecule has 0 amide bonds.